The molecule has 0 bridgehead atoms. The number of nitrogen functional groups attached to an aromatic ring is 1. The summed E-state index contributed by atoms with van der Waals surface area (Å²) >= 11 is 1.22. The number of aryl methyl sites for hydroxylation is 1. The lowest BCUT2D eigenvalue weighted by Gasteiger charge is -2.32. The van der Waals surface area contributed by atoms with Crippen LogP contribution in [0, 0.1) is 0 Å². The summed E-state index contributed by atoms with van der Waals surface area (Å²) < 4.78 is 0. The summed E-state index contributed by atoms with van der Waals surface area (Å²) in [6, 6.07) is 8.18. The summed E-state index contributed by atoms with van der Waals surface area (Å²) in [5.41, 5.74) is 14.5. The van der Waals surface area contributed by atoms with Crippen molar-refractivity contribution in [3.63, 3.8) is 0 Å². The van der Waals surface area contributed by atoms with E-state index in [1.54, 1.807) is 0 Å². The first-order chi connectivity index (χ1) is 10.5. The molecule has 4 nitrogen and oxygen atoms in total. The van der Waals surface area contributed by atoms with E-state index in [2.05, 4.69) is 12.1 Å². The lowest BCUT2D eigenvalue weighted by molar-refractivity contribution is 0.0865. The molecular weight excluding hydrogens is 296 g/mol. The molecule has 4 rings (SSSR count). The number of rotatable bonds is 1. The SMILES string of the molecule is NC(=O)c1c(N)sc2c1CCC1(CCc3ccccc31)C2=O. The predicted octanol–water partition coefficient (Wildman–Crippen LogP) is 2.44. The molecule has 1 heterocycles. The van der Waals surface area contributed by atoms with Gasteiger partial charge in [-0.15, -0.1) is 11.3 Å². The molecule has 0 aliphatic heterocycles. The summed E-state index contributed by atoms with van der Waals surface area (Å²) in [4.78, 5) is 25.4. The summed E-state index contributed by atoms with van der Waals surface area (Å²) in [5, 5.41) is 0.370. The molecule has 1 amide bonds. The van der Waals surface area contributed by atoms with E-state index in [1.807, 2.05) is 12.1 Å². The number of carbonyl (C=O) groups is 2. The van der Waals surface area contributed by atoms with Gasteiger partial charge in [0.2, 0.25) is 0 Å². The number of carbonyl (C=O) groups excluding carboxylic acids is 2. The Morgan fingerprint density at radius 1 is 1.18 bits per heavy atom. The van der Waals surface area contributed by atoms with Crippen molar-refractivity contribution in [3.05, 3.63) is 51.4 Å². The van der Waals surface area contributed by atoms with Crippen LogP contribution in [0.4, 0.5) is 5.00 Å². The van der Waals surface area contributed by atoms with Crippen LogP contribution in [0.15, 0.2) is 24.3 Å². The third-order valence-electron chi connectivity index (χ3n) is 5.08. The Hall–Kier alpha value is -2.14. The van der Waals surface area contributed by atoms with Crippen LogP contribution in [0.2, 0.25) is 0 Å². The van der Waals surface area contributed by atoms with Crippen LogP contribution >= 0.6 is 11.3 Å². The molecule has 1 unspecified atom stereocenters. The van der Waals surface area contributed by atoms with Crippen molar-refractivity contribution < 1.29 is 9.59 Å². The predicted molar refractivity (Wildman–Crippen MR) is 86.3 cm³/mol. The van der Waals surface area contributed by atoms with Gasteiger partial charge in [-0.05, 0) is 42.4 Å². The van der Waals surface area contributed by atoms with Crippen LogP contribution < -0.4 is 11.5 Å². The lowest BCUT2D eigenvalue weighted by Crippen LogP contribution is -2.38. The zero-order chi connectivity index (χ0) is 15.5. The van der Waals surface area contributed by atoms with Gasteiger partial charge in [0.05, 0.1) is 20.9 Å². The maximum absolute atomic E-state index is 13.2. The van der Waals surface area contributed by atoms with Crippen LogP contribution in [0.3, 0.4) is 0 Å². The van der Waals surface area contributed by atoms with Gasteiger partial charge < -0.3 is 11.5 Å². The van der Waals surface area contributed by atoms with E-state index in [0.29, 0.717) is 21.9 Å². The number of hydrogen-bond acceptors (Lipinski definition) is 4. The molecule has 2 aliphatic carbocycles. The highest BCUT2D eigenvalue weighted by Gasteiger charge is 2.49. The van der Waals surface area contributed by atoms with Gasteiger partial charge in [0.25, 0.3) is 5.91 Å². The number of Topliss-reactive ketones (excluding diaryl/α,β-unsaturated/α-hetero) is 1. The van der Waals surface area contributed by atoms with Crippen molar-refractivity contribution in [1.29, 1.82) is 0 Å². The van der Waals surface area contributed by atoms with Crippen LogP contribution in [0.1, 0.15) is 49.6 Å². The highest BCUT2D eigenvalue weighted by atomic mass is 32.1. The molecule has 0 radical (unpaired) electrons. The number of anilines is 1. The summed E-state index contributed by atoms with van der Waals surface area (Å²) in [5.74, 6) is -0.423. The van der Waals surface area contributed by atoms with Crippen LogP contribution in [-0.2, 0) is 18.3 Å². The zero-order valence-corrected chi connectivity index (χ0v) is 12.8. The Bertz CT molecular complexity index is 824. The molecule has 0 saturated heterocycles. The third kappa shape index (κ3) is 1.57. The molecule has 1 aromatic carbocycles. The second kappa shape index (κ2) is 4.43. The van der Waals surface area contributed by atoms with Gasteiger partial charge in [0.1, 0.15) is 0 Å². The smallest absolute Gasteiger partial charge is 0.251 e. The van der Waals surface area contributed by atoms with Crippen LogP contribution in [0.25, 0.3) is 0 Å². The first kappa shape index (κ1) is 13.5. The first-order valence-electron chi connectivity index (χ1n) is 7.39. The van der Waals surface area contributed by atoms with Crippen molar-refractivity contribution >= 4 is 28.0 Å². The molecule has 2 aromatic rings. The van der Waals surface area contributed by atoms with Crippen molar-refractivity contribution in [2.24, 2.45) is 5.73 Å². The Morgan fingerprint density at radius 3 is 2.68 bits per heavy atom. The molecule has 0 fully saturated rings. The van der Waals surface area contributed by atoms with Gasteiger partial charge in [-0.25, -0.2) is 0 Å². The number of primary amides is 1. The number of hydrogen-bond donors (Lipinski definition) is 2. The number of benzene rings is 1. The fraction of sp³-hybridized carbons (Fsp3) is 0.294. The maximum atomic E-state index is 13.2. The van der Waals surface area contributed by atoms with Crippen LogP contribution in [0.5, 0.6) is 0 Å². The topological polar surface area (TPSA) is 86.2 Å². The van der Waals surface area contributed by atoms with Crippen molar-refractivity contribution in [2.45, 2.75) is 31.1 Å². The highest BCUT2D eigenvalue weighted by Crippen LogP contribution is 2.50. The molecule has 22 heavy (non-hydrogen) atoms. The molecule has 2 aliphatic rings. The Balaban J connectivity index is 1.88. The monoisotopic (exact) mass is 312 g/mol. The molecule has 1 aromatic heterocycles. The Kier molecular flexibility index (Phi) is 2.72. The van der Waals surface area contributed by atoms with Crippen molar-refractivity contribution in [3.8, 4) is 0 Å². The minimum Gasteiger partial charge on any atom is -0.390 e. The van der Waals surface area contributed by atoms with Crippen LogP contribution in [-0.4, -0.2) is 11.7 Å². The normalized spacial score (nSPS) is 22.6. The van der Waals surface area contributed by atoms with E-state index in [4.69, 9.17) is 11.5 Å². The molecular formula is C17H16N2O2S. The third-order valence-corrected chi connectivity index (χ3v) is 6.14. The quantitative estimate of drug-likeness (QED) is 0.848. The van der Waals surface area contributed by atoms with Crippen molar-refractivity contribution in [1.82, 2.24) is 0 Å². The fourth-order valence-corrected chi connectivity index (χ4v) is 5.19. The summed E-state index contributed by atoms with van der Waals surface area (Å²) in [7, 11) is 0. The summed E-state index contributed by atoms with van der Waals surface area (Å²) in [6.45, 7) is 0. The second-order valence-electron chi connectivity index (χ2n) is 6.08. The average Bonchev–Trinajstić information content (AvgIpc) is 3.03. The average molecular weight is 312 g/mol. The van der Waals surface area contributed by atoms with E-state index >= 15 is 0 Å². The van der Waals surface area contributed by atoms with Gasteiger partial charge in [0, 0.05) is 0 Å². The Morgan fingerprint density at radius 2 is 1.91 bits per heavy atom. The molecule has 0 saturated carbocycles. The van der Waals surface area contributed by atoms with Gasteiger partial charge in [-0.2, -0.15) is 0 Å². The Labute approximate surface area is 132 Å². The zero-order valence-electron chi connectivity index (χ0n) is 12.0. The number of amides is 1. The minimum atomic E-state index is -0.537. The first-order valence-corrected chi connectivity index (χ1v) is 8.20. The van der Waals surface area contributed by atoms with E-state index in [9.17, 15) is 9.59 Å². The van der Waals surface area contributed by atoms with Gasteiger partial charge in [-0.1, -0.05) is 24.3 Å². The number of thiophene rings is 1. The van der Waals surface area contributed by atoms with E-state index in [0.717, 1.165) is 30.4 Å². The minimum absolute atomic E-state index is 0.114. The van der Waals surface area contributed by atoms with Crippen molar-refractivity contribution in [2.75, 3.05) is 5.73 Å². The molecule has 112 valence electrons. The largest absolute Gasteiger partial charge is 0.390 e. The van der Waals surface area contributed by atoms with Gasteiger partial charge >= 0.3 is 0 Å². The van der Waals surface area contributed by atoms with E-state index in [-0.39, 0.29) is 5.78 Å². The highest BCUT2D eigenvalue weighted by molar-refractivity contribution is 7.18. The van der Waals surface area contributed by atoms with E-state index < -0.39 is 11.3 Å². The van der Waals surface area contributed by atoms with Gasteiger partial charge in [-0.3, -0.25) is 9.59 Å². The summed E-state index contributed by atoms with van der Waals surface area (Å²) in [6.07, 6.45) is 3.18. The lowest BCUT2D eigenvalue weighted by atomic mass is 9.69. The van der Waals surface area contributed by atoms with Gasteiger partial charge in [0.15, 0.2) is 5.78 Å². The molecule has 5 heteroatoms. The maximum Gasteiger partial charge on any atom is 0.251 e. The van der Waals surface area contributed by atoms with E-state index in [1.165, 1.54) is 16.9 Å². The number of fused-ring (bicyclic) bond motifs is 3. The number of nitrogens with two attached hydrogens (primary N) is 2. The number of ketones is 1. The second-order valence-corrected chi connectivity index (χ2v) is 7.13. The fourth-order valence-electron chi connectivity index (χ4n) is 4.03. The standard InChI is InChI=1S/C17H16N2O2S/c18-15(21)12-10-6-8-17(14(20)13(10)22-16(12)19)7-5-9-3-1-2-4-11(9)17/h1-4H,5-8,19H2,(H2,18,21). The molecule has 1 spiro atoms. The molecule has 4 N–H and O–H groups in total. The molecule has 1 atom stereocenters.